The molecule has 3 aromatic rings. The summed E-state index contributed by atoms with van der Waals surface area (Å²) in [5.41, 5.74) is 2.32. The Hall–Kier alpha value is -3.48. The van der Waals surface area contributed by atoms with Gasteiger partial charge >= 0.3 is 5.97 Å². The average Bonchev–Trinajstić information content (AvgIpc) is 3.20. The SMILES string of the molecule is Cc1ccc(C(=O)N[C@H](C(=O)OCc2nnc(-c3ccccc3)o2)C(C)C)cc1. The van der Waals surface area contributed by atoms with Gasteiger partial charge < -0.3 is 14.5 Å². The number of aryl methyl sites for hydroxylation is 1. The maximum atomic E-state index is 12.5. The molecule has 0 aliphatic rings. The molecule has 150 valence electrons. The molecule has 1 heterocycles. The Morgan fingerprint density at radius 2 is 1.72 bits per heavy atom. The van der Waals surface area contributed by atoms with E-state index in [-0.39, 0.29) is 24.3 Å². The maximum Gasteiger partial charge on any atom is 0.329 e. The number of benzene rings is 2. The Kier molecular flexibility index (Phi) is 6.39. The molecule has 1 amide bonds. The highest BCUT2D eigenvalue weighted by molar-refractivity contribution is 5.96. The van der Waals surface area contributed by atoms with Crippen LogP contribution in [-0.4, -0.2) is 28.1 Å². The van der Waals surface area contributed by atoms with E-state index in [1.165, 1.54) is 0 Å². The number of hydrogen-bond donors (Lipinski definition) is 1. The third kappa shape index (κ3) is 5.28. The van der Waals surface area contributed by atoms with Crippen LogP contribution in [0.25, 0.3) is 11.5 Å². The lowest BCUT2D eigenvalue weighted by Gasteiger charge is -2.20. The topological polar surface area (TPSA) is 94.3 Å². The number of aromatic nitrogens is 2. The Balaban J connectivity index is 1.60. The Labute approximate surface area is 169 Å². The number of ether oxygens (including phenoxy) is 1. The first-order valence-corrected chi connectivity index (χ1v) is 9.36. The number of carbonyl (C=O) groups excluding carboxylic acids is 2. The van der Waals surface area contributed by atoms with Gasteiger partial charge in [-0.15, -0.1) is 10.2 Å². The van der Waals surface area contributed by atoms with Crippen LogP contribution in [-0.2, 0) is 16.1 Å². The number of rotatable bonds is 7. The van der Waals surface area contributed by atoms with E-state index in [0.717, 1.165) is 11.1 Å². The summed E-state index contributed by atoms with van der Waals surface area (Å²) in [6.45, 7) is 5.45. The molecule has 0 saturated carbocycles. The fourth-order valence-electron chi connectivity index (χ4n) is 2.66. The van der Waals surface area contributed by atoms with E-state index in [0.29, 0.717) is 11.5 Å². The third-order valence-corrected chi connectivity index (χ3v) is 4.35. The summed E-state index contributed by atoms with van der Waals surface area (Å²) in [6, 6.07) is 15.6. The Morgan fingerprint density at radius 3 is 2.38 bits per heavy atom. The molecule has 0 spiro atoms. The zero-order chi connectivity index (χ0) is 20.8. The van der Waals surface area contributed by atoms with Crippen molar-refractivity contribution in [1.82, 2.24) is 15.5 Å². The molecule has 0 bridgehead atoms. The second kappa shape index (κ2) is 9.14. The van der Waals surface area contributed by atoms with Crippen LogP contribution >= 0.6 is 0 Å². The molecule has 0 fully saturated rings. The van der Waals surface area contributed by atoms with Gasteiger partial charge in [-0.3, -0.25) is 4.79 Å². The number of nitrogens with one attached hydrogen (secondary N) is 1. The summed E-state index contributed by atoms with van der Waals surface area (Å²) in [4.78, 5) is 25.0. The van der Waals surface area contributed by atoms with Crippen molar-refractivity contribution in [2.24, 2.45) is 5.92 Å². The predicted octanol–water partition coefficient (Wildman–Crippen LogP) is 3.54. The van der Waals surface area contributed by atoms with Gasteiger partial charge in [-0.05, 0) is 37.1 Å². The first-order valence-electron chi connectivity index (χ1n) is 9.36. The highest BCUT2D eigenvalue weighted by Crippen LogP contribution is 2.17. The summed E-state index contributed by atoms with van der Waals surface area (Å²) < 4.78 is 10.8. The van der Waals surface area contributed by atoms with Crippen molar-refractivity contribution >= 4 is 11.9 Å². The molecule has 0 saturated heterocycles. The molecule has 0 aliphatic carbocycles. The fraction of sp³-hybridized carbons (Fsp3) is 0.273. The van der Waals surface area contributed by atoms with Gasteiger partial charge in [0.2, 0.25) is 5.89 Å². The van der Waals surface area contributed by atoms with Crippen LogP contribution in [0.15, 0.2) is 59.0 Å². The number of esters is 1. The van der Waals surface area contributed by atoms with Gasteiger partial charge in [-0.2, -0.15) is 0 Å². The van der Waals surface area contributed by atoms with Gasteiger partial charge in [0.1, 0.15) is 6.04 Å². The maximum absolute atomic E-state index is 12.5. The Bertz CT molecular complexity index is 965. The van der Waals surface area contributed by atoms with Crippen molar-refractivity contribution in [2.75, 3.05) is 0 Å². The number of carbonyl (C=O) groups is 2. The normalized spacial score (nSPS) is 11.9. The molecular formula is C22H23N3O4. The van der Waals surface area contributed by atoms with Crippen molar-refractivity contribution in [3.63, 3.8) is 0 Å². The van der Waals surface area contributed by atoms with E-state index in [4.69, 9.17) is 9.15 Å². The van der Waals surface area contributed by atoms with Gasteiger partial charge in [-0.1, -0.05) is 49.7 Å². The first kappa shape index (κ1) is 20.3. The lowest BCUT2D eigenvalue weighted by molar-refractivity contribution is -0.149. The van der Waals surface area contributed by atoms with E-state index in [1.54, 1.807) is 12.1 Å². The standard InChI is InChI=1S/C22H23N3O4/c1-14(2)19(23-20(26)16-11-9-15(3)10-12-16)22(27)28-13-18-24-25-21(29-18)17-7-5-4-6-8-17/h4-12,14,19H,13H2,1-3H3,(H,23,26)/t19-/m0/s1. The van der Waals surface area contributed by atoms with Crippen molar-refractivity contribution < 1.29 is 18.7 Å². The second-order valence-electron chi connectivity index (χ2n) is 7.04. The monoisotopic (exact) mass is 393 g/mol. The fourth-order valence-corrected chi connectivity index (χ4v) is 2.66. The number of hydrogen-bond acceptors (Lipinski definition) is 6. The predicted molar refractivity (Wildman–Crippen MR) is 107 cm³/mol. The number of amides is 1. The molecule has 0 unspecified atom stereocenters. The Morgan fingerprint density at radius 1 is 1.03 bits per heavy atom. The van der Waals surface area contributed by atoms with E-state index in [2.05, 4.69) is 15.5 Å². The third-order valence-electron chi connectivity index (χ3n) is 4.35. The highest BCUT2D eigenvalue weighted by Gasteiger charge is 2.26. The second-order valence-corrected chi connectivity index (χ2v) is 7.04. The molecular weight excluding hydrogens is 370 g/mol. The van der Waals surface area contributed by atoms with Gasteiger partial charge in [0.25, 0.3) is 11.8 Å². The van der Waals surface area contributed by atoms with E-state index >= 15 is 0 Å². The quantitative estimate of drug-likeness (QED) is 0.617. The van der Waals surface area contributed by atoms with Gasteiger partial charge in [0, 0.05) is 11.1 Å². The molecule has 1 atom stereocenters. The van der Waals surface area contributed by atoms with Crippen LogP contribution in [0.4, 0.5) is 0 Å². The lowest BCUT2D eigenvalue weighted by Crippen LogP contribution is -2.45. The molecule has 29 heavy (non-hydrogen) atoms. The van der Waals surface area contributed by atoms with Crippen LogP contribution in [0.2, 0.25) is 0 Å². The molecule has 2 aromatic carbocycles. The molecule has 7 nitrogen and oxygen atoms in total. The molecule has 7 heteroatoms. The van der Waals surface area contributed by atoms with Crippen molar-refractivity contribution in [1.29, 1.82) is 0 Å². The minimum atomic E-state index is -0.791. The first-order chi connectivity index (χ1) is 13.9. The molecule has 1 N–H and O–H groups in total. The molecule has 0 radical (unpaired) electrons. The van der Waals surface area contributed by atoms with Crippen molar-refractivity contribution in [3.05, 3.63) is 71.6 Å². The minimum Gasteiger partial charge on any atom is -0.454 e. The highest BCUT2D eigenvalue weighted by atomic mass is 16.5. The minimum absolute atomic E-state index is 0.153. The molecule has 1 aromatic heterocycles. The van der Waals surface area contributed by atoms with Crippen LogP contribution in [0.1, 0.15) is 35.7 Å². The summed E-state index contributed by atoms with van der Waals surface area (Å²) in [6.07, 6.45) is 0. The molecule has 0 aliphatic heterocycles. The van der Waals surface area contributed by atoms with E-state index < -0.39 is 12.0 Å². The average molecular weight is 393 g/mol. The lowest BCUT2D eigenvalue weighted by atomic mass is 10.0. The smallest absolute Gasteiger partial charge is 0.329 e. The summed E-state index contributed by atoms with van der Waals surface area (Å²) in [5.74, 6) is -0.501. The van der Waals surface area contributed by atoms with Gasteiger partial charge in [0.15, 0.2) is 6.61 Å². The summed E-state index contributed by atoms with van der Waals surface area (Å²) in [7, 11) is 0. The van der Waals surface area contributed by atoms with Crippen LogP contribution < -0.4 is 5.32 Å². The van der Waals surface area contributed by atoms with E-state index in [1.807, 2.05) is 63.2 Å². The van der Waals surface area contributed by atoms with Gasteiger partial charge in [-0.25, -0.2) is 4.79 Å². The van der Waals surface area contributed by atoms with Gasteiger partial charge in [0.05, 0.1) is 0 Å². The molecule has 3 rings (SSSR count). The van der Waals surface area contributed by atoms with Crippen molar-refractivity contribution in [2.45, 2.75) is 33.4 Å². The van der Waals surface area contributed by atoms with Crippen LogP contribution in [0.5, 0.6) is 0 Å². The van der Waals surface area contributed by atoms with E-state index in [9.17, 15) is 9.59 Å². The zero-order valence-electron chi connectivity index (χ0n) is 16.6. The zero-order valence-corrected chi connectivity index (χ0v) is 16.6. The van der Waals surface area contributed by atoms with Crippen LogP contribution in [0, 0.1) is 12.8 Å². The van der Waals surface area contributed by atoms with Crippen LogP contribution in [0.3, 0.4) is 0 Å². The summed E-state index contributed by atoms with van der Waals surface area (Å²) in [5, 5.41) is 10.6. The van der Waals surface area contributed by atoms with Crippen molar-refractivity contribution in [3.8, 4) is 11.5 Å². The number of nitrogens with zero attached hydrogens (tertiary/aromatic N) is 2. The largest absolute Gasteiger partial charge is 0.454 e. The summed E-state index contributed by atoms with van der Waals surface area (Å²) >= 11 is 0.